The van der Waals surface area contributed by atoms with Crippen molar-refractivity contribution in [2.45, 2.75) is 45.4 Å². The van der Waals surface area contributed by atoms with Gasteiger partial charge in [-0.2, -0.15) is 0 Å². The van der Waals surface area contributed by atoms with Gasteiger partial charge in [0.2, 0.25) is 5.91 Å². The third-order valence-corrected chi connectivity index (χ3v) is 5.53. The Labute approximate surface area is 153 Å². The second kappa shape index (κ2) is 6.52. The lowest BCUT2D eigenvalue weighted by molar-refractivity contribution is -0.119. The minimum absolute atomic E-state index is 0.0588. The van der Waals surface area contributed by atoms with Gasteiger partial charge in [-0.1, -0.05) is 6.07 Å². The normalized spacial score (nSPS) is 20.4. The monoisotopic (exact) mass is 346 g/mol. The predicted octanol–water partition coefficient (Wildman–Crippen LogP) is 4.23. The molecule has 0 N–H and O–H groups in total. The van der Waals surface area contributed by atoms with Crippen LogP contribution in [0.1, 0.15) is 48.3 Å². The summed E-state index contributed by atoms with van der Waals surface area (Å²) in [5.41, 5.74) is 5.92. The van der Waals surface area contributed by atoms with Gasteiger partial charge >= 0.3 is 0 Å². The summed E-state index contributed by atoms with van der Waals surface area (Å²) in [5.74, 6) is 0.0778. The van der Waals surface area contributed by atoms with Crippen LogP contribution in [0.3, 0.4) is 0 Å². The first-order chi connectivity index (χ1) is 12.6. The number of amides is 1. The number of hydrogen-bond donors (Lipinski definition) is 0. The van der Waals surface area contributed by atoms with Gasteiger partial charge in [-0.05, 0) is 67.6 Å². The minimum atomic E-state index is -0.156. The number of aryl methyl sites for hydroxylation is 2. The molecule has 2 aliphatic rings. The maximum Gasteiger partial charge on any atom is 0.232 e. The van der Waals surface area contributed by atoms with Crippen LogP contribution in [-0.2, 0) is 9.59 Å². The Morgan fingerprint density at radius 2 is 1.77 bits per heavy atom. The highest BCUT2D eigenvalue weighted by molar-refractivity contribution is 6.07. The Kier molecular flexibility index (Phi) is 4.19. The van der Waals surface area contributed by atoms with Crippen molar-refractivity contribution >= 4 is 17.4 Å². The van der Waals surface area contributed by atoms with Crippen molar-refractivity contribution < 1.29 is 9.59 Å². The molecule has 4 heteroatoms. The fraction of sp³-hybridized carbons (Fsp3) is 0.318. The van der Waals surface area contributed by atoms with Gasteiger partial charge in [0.05, 0.1) is 0 Å². The highest BCUT2D eigenvalue weighted by atomic mass is 16.2. The first-order valence-corrected chi connectivity index (χ1v) is 9.12. The molecule has 1 atom stereocenters. The zero-order valence-corrected chi connectivity index (χ0v) is 15.2. The second-order valence-electron chi connectivity index (χ2n) is 7.17. The predicted molar refractivity (Wildman–Crippen MR) is 101 cm³/mol. The zero-order chi connectivity index (χ0) is 18.3. The molecule has 2 heterocycles. The summed E-state index contributed by atoms with van der Waals surface area (Å²) >= 11 is 0. The van der Waals surface area contributed by atoms with E-state index in [1.807, 2.05) is 37.3 Å². The number of nitrogens with zero attached hydrogens (tertiary/aromatic N) is 2. The number of carbonyl (C=O) groups is 2. The van der Waals surface area contributed by atoms with E-state index in [9.17, 15) is 9.59 Å². The number of rotatable bonds is 2. The quantitative estimate of drug-likeness (QED) is 0.818. The zero-order valence-electron chi connectivity index (χ0n) is 15.2. The number of carbonyl (C=O) groups excluding carboxylic acids is 2. The van der Waals surface area contributed by atoms with Gasteiger partial charge < -0.3 is 0 Å². The van der Waals surface area contributed by atoms with Crippen molar-refractivity contribution in [3.05, 3.63) is 70.7 Å². The first-order valence-electron chi connectivity index (χ1n) is 9.12. The third-order valence-electron chi connectivity index (χ3n) is 5.53. The van der Waals surface area contributed by atoms with Gasteiger partial charge in [0, 0.05) is 48.1 Å². The lowest BCUT2D eigenvalue weighted by Crippen LogP contribution is -2.40. The SMILES string of the molecule is Cc1ccc(N2C(=O)CC(c3ccncc3)C3=C2CCCC3=O)cc1C. The van der Waals surface area contributed by atoms with Crippen LogP contribution in [0, 0.1) is 13.8 Å². The molecular weight excluding hydrogens is 324 g/mol. The lowest BCUT2D eigenvalue weighted by atomic mass is 9.77. The largest absolute Gasteiger partial charge is 0.294 e. The van der Waals surface area contributed by atoms with Gasteiger partial charge in [0.25, 0.3) is 0 Å². The van der Waals surface area contributed by atoms with E-state index >= 15 is 0 Å². The van der Waals surface area contributed by atoms with E-state index in [1.54, 1.807) is 17.3 Å². The second-order valence-corrected chi connectivity index (χ2v) is 7.17. The number of benzene rings is 1. The number of allylic oxidation sites excluding steroid dienone is 2. The van der Waals surface area contributed by atoms with Crippen LogP contribution in [-0.4, -0.2) is 16.7 Å². The molecule has 0 fully saturated rings. The van der Waals surface area contributed by atoms with Crippen molar-refractivity contribution in [1.29, 1.82) is 0 Å². The molecule has 1 aromatic heterocycles. The highest BCUT2D eigenvalue weighted by Gasteiger charge is 2.39. The number of aromatic nitrogens is 1. The average Bonchev–Trinajstić information content (AvgIpc) is 2.64. The average molecular weight is 346 g/mol. The van der Waals surface area contributed by atoms with Gasteiger partial charge in [0.15, 0.2) is 5.78 Å². The van der Waals surface area contributed by atoms with Crippen LogP contribution in [0.5, 0.6) is 0 Å². The van der Waals surface area contributed by atoms with Crippen LogP contribution in [0.15, 0.2) is 54.0 Å². The standard InChI is InChI=1S/C22H22N2O2/c1-14-6-7-17(12-15(14)2)24-19-4-3-5-20(25)22(19)18(13-21(24)26)16-8-10-23-11-9-16/h6-12,18H,3-5,13H2,1-2H3. The number of hydrogen-bond acceptors (Lipinski definition) is 3. The van der Waals surface area contributed by atoms with E-state index in [0.29, 0.717) is 12.8 Å². The van der Waals surface area contributed by atoms with E-state index in [1.165, 1.54) is 5.56 Å². The molecule has 2 aromatic rings. The molecule has 1 amide bonds. The van der Waals surface area contributed by atoms with E-state index in [-0.39, 0.29) is 17.6 Å². The molecule has 132 valence electrons. The number of ketones is 1. The van der Waals surface area contributed by atoms with Gasteiger partial charge in [-0.3, -0.25) is 19.5 Å². The van der Waals surface area contributed by atoms with Crippen molar-refractivity contribution in [2.75, 3.05) is 4.90 Å². The van der Waals surface area contributed by atoms with Crippen LogP contribution >= 0.6 is 0 Å². The Bertz CT molecular complexity index is 915. The summed E-state index contributed by atoms with van der Waals surface area (Å²) in [6.07, 6.45) is 5.90. The van der Waals surface area contributed by atoms with Gasteiger partial charge in [-0.25, -0.2) is 0 Å². The van der Waals surface area contributed by atoms with Crippen molar-refractivity contribution in [3.8, 4) is 0 Å². The van der Waals surface area contributed by atoms with E-state index in [2.05, 4.69) is 11.9 Å². The molecule has 0 saturated carbocycles. The lowest BCUT2D eigenvalue weighted by Gasteiger charge is -2.38. The van der Waals surface area contributed by atoms with Crippen LogP contribution in [0.25, 0.3) is 0 Å². The van der Waals surface area contributed by atoms with Crippen LogP contribution < -0.4 is 4.90 Å². The molecule has 0 bridgehead atoms. The summed E-state index contributed by atoms with van der Waals surface area (Å²) in [5, 5.41) is 0. The molecule has 1 unspecified atom stereocenters. The molecule has 1 aliphatic carbocycles. The number of anilines is 1. The van der Waals surface area contributed by atoms with Crippen LogP contribution in [0.4, 0.5) is 5.69 Å². The van der Waals surface area contributed by atoms with Crippen molar-refractivity contribution in [2.24, 2.45) is 0 Å². The number of Topliss-reactive ketones (excluding diaryl/α,β-unsaturated/α-hetero) is 1. The molecular formula is C22H22N2O2. The minimum Gasteiger partial charge on any atom is -0.294 e. The fourth-order valence-corrected chi connectivity index (χ4v) is 4.04. The van der Waals surface area contributed by atoms with E-state index in [4.69, 9.17) is 0 Å². The summed E-state index contributed by atoms with van der Waals surface area (Å²) < 4.78 is 0. The van der Waals surface area contributed by atoms with Crippen molar-refractivity contribution in [1.82, 2.24) is 4.98 Å². The van der Waals surface area contributed by atoms with Crippen molar-refractivity contribution in [3.63, 3.8) is 0 Å². The Hall–Kier alpha value is -2.75. The molecule has 0 spiro atoms. The van der Waals surface area contributed by atoms with Crippen LogP contribution in [0.2, 0.25) is 0 Å². The summed E-state index contributed by atoms with van der Waals surface area (Å²) in [7, 11) is 0. The summed E-state index contributed by atoms with van der Waals surface area (Å²) in [6, 6.07) is 9.89. The topological polar surface area (TPSA) is 50.3 Å². The van der Waals surface area contributed by atoms with E-state index < -0.39 is 0 Å². The molecule has 0 saturated heterocycles. The van der Waals surface area contributed by atoms with Gasteiger partial charge in [0.1, 0.15) is 0 Å². The third kappa shape index (κ3) is 2.75. The Balaban J connectivity index is 1.86. The maximum atomic E-state index is 13.1. The first kappa shape index (κ1) is 16.7. The molecule has 1 aliphatic heterocycles. The Morgan fingerprint density at radius 3 is 2.50 bits per heavy atom. The summed E-state index contributed by atoms with van der Waals surface area (Å²) in [4.78, 5) is 31.8. The molecule has 4 rings (SSSR count). The fourth-order valence-electron chi connectivity index (χ4n) is 4.04. The Morgan fingerprint density at radius 1 is 1.00 bits per heavy atom. The smallest absolute Gasteiger partial charge is 0.232 e. The molecule has 0 radical (unpaired) electrons. The van der Waals surface area contributed by atoms with E-state index in [0.717, 1.165) is 40.9 Å². The molecule has 1 aromatic carbocycles. The summed E-state index contributed by atoms with van der Waals surface area (Å²) in [6.45, 7) is 4.11. The number of pyridine rings is 1. The van der Waals surface area contributed by atoms with Gasteiger partial charge in [-0.15, -0.1) is 0 Å². The molecule has 4 nitrogen and oxygen atoms in total. The molecule has 26 heavy (non-hydrogen) atoms. The highest BCUT2D eigenvalue weighted by Crippen LogP contribution is 2.43. The maximum absolute atomic E-state index is 13.1.